The van der Waals surface area contributed by atoms with E-state index in [0.717, 1.165) is 33.7 Å². The minimum atomic E-state index is -0.154. The van der Waals surface area contributed by atoms with Gasteiger partial charge in [-0.15, -0.1) is 0 Å². The molecule has 1 N–H and O–H groups in total. The van der Waals surface area contributed by atoms with Crippen molar-refractivity contribution < 1.29 is 9.53 Å². The maximum atomic E-state index is 12.3. The summed E-state index contributed by atoms with van der Waals surface area (Å²) in [6.45, 7) is 5.62. The number of hydrogen-bond donors (Lipinski definition) is 1. The quantitative estimate of drug-likeness (QED) is 0.402. The normalized spacial score (nSPS) is 11.2. The number of rotatable bonds is 8. The Bertz CT molecular complexity index is 1240. The molecule has 1 aromatic heterocycles. The summed E-state index contributed by atoms with van der Waals surface area (Å²) in [6, 6.07) is 23.9. The van der Waals surface area contributed by atoms with Crippen LogP contribution in [0.15, 0.2) is 78.9 Å². The Balaban J connectivity index is 1.44. The molecule has 4 aromatic rings. The summed E-state index contributed by atoms with van der Waals surface area (Å²) in [6.07, 6.45) is 3.35. The van der Waals surface area contributed by atoms with Gasteiger partial charge in [0, 0.05) is 6.08 Å². The molecule has 0 unspecified atom stereocenters. The third-order valence-electron chi connectivity index (χ3n) is 5.28. The van der Waals surface area contributed by atoms with E-state index in [1.165, 1.54) is 5.56 Å². The van der Waals surface area contributed by atoms with Gasteiger partial charge in [-0.2, -0.15) is 0 Å². The van der Waals surface area contributed by atoms with Crippen LogP contribution in [-0.4, -0.2) is 22.1 Å². The third-order valence-corrected chi connectivity index (χ3v) is 5.28. The van der Waals surface area contributed by atoms with E-state index in [0.29, 0.717) is 19.7 Å². The minimum absolute atomic E-state index is 0.154. The number of ether oxygens (including phenoxy) is 1. The number of nitrogens with zero attached hydrogens (tertiary/aromatic N) is 2. The van der Waals surface area contributed by atoms with Crippen molar-refractivity contribution in [2.45, 2.75) is 26.9 Å². The van der Waals surface area contributed by atoms with Crippen molar-refractivity contribution in [3.05, 3.63) is 101 Å². The van der Waals surface area contributed by atoms with Crippen molar-refractivity contribution in [1.29, 1.82) is 0 Å². The standard InChI is InChI=1S/C27H27N3O2/c1-20-12-14-25(21(2)18-20)32-17-16-30-24-11-7-6-10-23(24)29-26(30)19-28-27(31)15-13-22-8-4-3-5-9-22/h3-15,18H,16-17,19H2,1-2H3,(H,28,31)/b15-13-. The monoisotopic (exact) mass is 425 g/mol. The maximum Gasteiger partial charge on any atom is 0.244 e. The van der Waals surface area contributed by atoms with Gasteiger partial charge in [-0.1, -0.05) is 60.2 Å². The molecule has 0 aliphatic carbocycles. The molecule has 3 aromatic carbocycles. The van der Waals surface area contributed by atoms with Crippen molar-refractivity contribution in [2.75, 3.05) is 6.61 Å². The Labute approximate surface area is 188 Å². The molecule has 5 nitrogen and oxygen atoms in total. The molecule has 0 aliphatic rings. The number of carbonyl (C=O) groups is 1. The van der Waals surface area contributed by atoms with E-state index in [1.54, 1.807) is 12.2 Å². The molecule has 0 saturated carbocycles. The van der Waals surface area contributed by atoms with Crippen molar-refractivity contribution >= 4 is 23.0 Å². The minimum Gasteiger partial charge on any atom is -0.491 e. The van der Waals surface area contributed by atoms with Gasteiger partial charge < -0.3 is 14.6 Å². The molecule has 0 spiro atoms. The van der Waals surface area contributed by atoms with Crippen LogP contribution in [0.25, 0.3) is 17.1 Å². The van der Waals surface area contributed by atoms with Crippen LogP contribution in [-0.2, 0) is 17.9 Å². The fourth-order valence-electron chi connectivity index (χ4n) is 3.68. The number of para-hydroxylation sites is 2. The number of fused-ring (bicyclic) bond motifs is 1. The summed E-state index contributed by atoms with van der Waals surface area (Å²) in [4.78, 5) is 17.0. The van der Waals surface area contributed by atoms with E-state index in [4.69, 9.17) is 9.72 Å². The van der Waals surface area contributed by atoms with E-state index in [2.05, 4.69) is 35.9 Å². The Kier molecular flexibility index (Phi) is 6.66. The lowest BCUT2D eigenvalue weighted by molar-refractivity contribution is -0.116. The summed E-state index contributed by atoms with van der Waals surface area (Å²) in [5.74, 6) is 1.54. The number of benzene rings is 3. The summed E-state index contributed by atoms with van der Waals surface area (Å²) < 4.78 is 8.15. The first kappa shape index (κ1) is 21.4. The zero-order valence-corrected chi connectivity index (χ0v) is 18.4. The Morgan fingerprint density at radius 1 is 1.03 bits per heavy atom. The van der Waals surface area contributed by atoms with Crippen molar-refractivity contribution in [3.63, 3.8) is 0 Å². The molecule has 0 saturated heterocycles. The molecule has 0 bridgehead atoms. The zero-order valence-electron chi connectivity index (χ0n) is 18.4. The number of hydrogen-bond acceptors (Lipinski definition) is 3. The summed E-state index contributed by atoms with van der Waals surface area (Å²) in [5, 5.41) is 2.94. The second-order valence-electron chi connectivity index (χ2n) is 7.75. The van der Waals surface area contributed by atoms with Crippen LogP contribution in [0.3, 0.4) is 0 Å². The van der Waals surface area contributed by atoms with E-state index in [-0.39, 0.29) is 5.91 Å². The third kappa shape index (κ3) is 5.24. The Hall–Kier alpha value is -3.86. The highest BCUT2D eigenvalue weighted by Crippen LogP contribution is 2.20. The number of aromatic nitrogens is 2. The molecule has 0 fully saturated rings. The highest BCUT2D eigenvalue weighted by atomic mass is 16.5. The molecular formula is C27H27N3O2. The number of nitrogens with one attached hydrogen (secondary N) is 1. The summed E-state index contributed by atoms with van der Waals surface area (Å²) in [5.41, 5.74) is 5.26. The van der Waals surface area contributed by atoms with Gasteiger partial charge in [0.15, 0.2) is 0 Å². The number of carbonyl (C=O) groups excluding carboxylic acids is 1. The van der Waals surface area contributed by atoms with Gasteiger partial charge in [0.25, 0.3) is 0 Å². The number of imidazole rings is 1. The highest BCUT2D eigenvalue weighted by molar-refractivity contribution is 5.91. The first-order valence-corrected chi connectivity index (χ1v) is 10.8. The zero-order chi connectivity index (χ0) is 22.3. The first-order valence-electron chi connectivity index (χ1n) is 10.8. The summed E-state index contributed by atoms with van der Waals surface area (Å²) >= 11 is 0. The molecular weight excluding hydrogens is 398 g/mol. The van der Waals surface area contributed by atoms with Crippen LogP contribution < -0.4 is 10.1 Å². The van der Waals surface area contributed by atoms with E-state index in [9.17, 15) is 4.79 Å². The van der Waals surface area contributed by atoms with Crippen molar-refractivity contribution in [1.82, 2.24) is 14.9 Å². The summed E-state index contributed by atoms with van der Waals surface area (Å²) in [7, 11) is 0. The lowest BCUT2D eigenvalue weighted by Gasteiger charge is -2.13. The smallest absolute Gasteiger partial charge is 0.244 e. The fourth-order valence-corrected chi connectivity index (χ4v) is 3.68. The maximum absolute atomic E-state index is 12.3. The Morgan fingerprint density at radius 2 is 1.81 bits per heavy atom. The van der Waals surface area contributed by atoms with Gasteiger partial charge in [0.2, 0.25) is 5.91 Å². The first-order chi connectivity index (χ1) is 15.6. The van der Waals surface area contributed by atoms with Crippen LogP contribution in [0.1, 0.15) is 22.5 Å². The van der Waals surface area contributed by atoms with Gasteiger partial charge in [-0.25, -0.2) is 4.98 Å². The lowest BCUT2D eigenvalue weighted by Crippen LogP contribution is -2.23. The van der Waals surface area contributed by atoms with Crippen LogP contribution in [0, 0.1) is 13.8 Å². The Morgan fingerprint density at radius 3 is 2.62 bits per heavy atom. The predicted molar refractivity (Wildman–Crippen MR) is 128 cm³/mol. The van der Waals surface area contributed by atoms with Gasteiger partial charge in [0.1, 0.15) is 18.2 Å². The van der Waals surface area contributed by atoms with Gasteiger partial charge in [0.05, 0.1) is 24.1 Å². The van der Waals surface area contributed by atoms with Crippen LogP contribution in [0.2, 0.25) is 0 Å². The number of amides is 1. The van der Waals surface area contributed by atoms with Gasteiger partial charge in [-0.3, -0.25) is 4.79 Å². The predicted octanol–water partition coefficient (Wildman–Crippen LogP) is 5.06. The molecule has 1 amide bonds. The SMILES string of the molecule is Cc1ccc(OCCn2c(CNC(=O)/C=C\c3ccccc3)nc3ccccc32)c(C)c1. The molecule has 0 radical (unpaired) electrons. The largest absolute Gasteiger partial charge is 0.491 e. The van der Waals surface area contributed by atoms with Gasteiger partial charge in [-0.05, 0) is 49.2 Å². The second-order valence-corrected chi connectivity index (χ2v) is 7.75. The lowest BCUT2D eigenvalue weighted by atomic mass is 10.1. The van der Waals surface area contributed by atoms with Gasteiger partial charge >= 0.3 is 0 Å². The topological polar surface area (TPSA) is 56.1 Å². The molecule has 32 heavy (non-hydrogen) atoms. The highest BCUT2D eigenvalue weighted by Gasteiger charge is 2.11. The average Bonchev–Trinajstić information content (AvgIpc) is 3.16. The van der Waals surface area contributed by atoms with E-state index >= 15 is 0 Å². The van der Waals surface area contributed by atoms with Crippen molar-refractivity contribution in [3.8, 4) is 5.75 Å². The molecule has 0 aliphatic heterocycles. The molecule has 1 heterocycles. The molecule has 162 valence electrons. The van der Waals surface area contributed by atoms with E-state index in [1.807, 2.05) is 60.7 Å². The average molecular weight is 426 g/mol. The molecule has 0 atom stereocenters. The fraction of sp³-hybridized carbons (Fsp3) is 0.185. The second kappa shape index (κ2) is 9.96. The number of aryl methyl sites for hydroxylation is 2. The molecule has 4 rings (SSSR count). The van der Waals surface area contributed by atoms with E-state index < -0.39 is 0 Å². The van der Waals surface area contributed by atoms with Crippen LogP contribution >= 0.6 is 0 Å². The molecule has 5 heteroatoms. The van der Waals surface area contributed by atoms with Crippen molar-refractivity contribution in [2.24, 2.45) is 0 Å². The van der Waals surface area contributed by atoms with Crippen LogP contribution in [0.5, 0.6) is 5.75 Å². The van der Waals surface area contributed by atoms with Crippen LogP contribution in [0.4, 0.5) is 0 Å².